The standard InChI is InChI=1S/2C9H11.C2H8Si.2ClH.Zr/c2*1-2-5-9-7-3-6-8(9)4-1;1-3-2;;;/h2*1-2,4-6,8-9H,3,7H2;3H2,1-2H3;2*1H;/q;;;;;+2/p-2. The summed E-state index contributed by atoms with van der Waals surface area (Å²) < 4.78 is 2.25. The largest absolute Gasteiger partial charge is 1.00 e. The van der Waals surface area contributed by atoms with Gasteiger partial charge in [-0.15, -0.1) is 0 Å². The molecule has 0 bridgehead atoms. The third-order valence-corrected chi connectivity index (χ3v) is 11.0. The van der Waals surface area contributed by atoms with Gasteiger partial charge in [-0.1, -0.05) is 13.1 Å². The van der Waals surface area contributed by atoms with Crippen LogP contribution < -0.4 is 24.8 Å². The minimum Gasteiger partial charge on any atom is -1.00 e. The van der Waals surface area contributed by atoms with Gasteiger partial charge in [0.25, 0.3) is 0 Å². The van der Waals surface area contributed by atoms with E-state index in [1.807, 2.05) is 0 Å². The molecular formula is C20H30Cl2SiZr. The van der Waals surface area contributed by atoms with Crippen LogP contribution in [0.3, 0.4) is 0 Å². The number of allylic oxidation sites excluding steroid dienone is 8. The molecule has 0 heterocycles. The molecule has 0 saturated heterocycles. The van der Waals surface area contributed by atoms with Crippen molar-refractivity contribution in [2.75, 3.05) is 0 Å². The Labute approximate surface area is 174 Å². The third-order valence-electron chi connectivity index (χ3n) is 5.57. The van der Waals surface area contributed by atoms with Crippen molar-refractivity contribution in [3.05, 3.63) is 48.6 Å². The van der Waals surface area contributed by atoms with Crippen LogP contribution in [-0.2, 0) is 23.2 Å². The van der Waals surface area contributed by atoms with Crippen molar-refractivity contribution < 1.29 is 48.0 Å². The van der Waals surface area contributed by atoms with Gasteiger partial charge < -0.3 is 24.8 Å². The molecule has 24 heavy (non-hydrogen) atoms. The summed E-state index contributed by atoms with van der Waals surface area (Å²) in [6.45, 7) is 4.53. The van der Waals surface area contributed by atoms with E-state index >= 15 is 0 Å². The van der Waals surface area contributed by atoms with E-state index in [2.05, 4.69) is 61.7 Å². The van der Waals surface area contributed by atoms with Gasteiger partial charge in [0.2, 0.25) is 0 Å². The Balaban J connectivity index is 0.000000539. The molecule has 4 aliphatic rings. The summed E-state index contributed by atoms with van der Waals surface area (Å²) in [6, 6.07) is 0. The van der Waals surface area contributed by atoms with Gasteiger partial charge in [0, 0.05) is 9.52 Å². The SMILES string of the molecule is C1=CC2CC[CH]([Zr+2][CH]3CCC4C=CC=CC43)C2C=C1.C[SiH2]C.[Cl-].[Cl-]. The van der Waals surface area contributed by atoms with Crippen molar-refractivity contribution in [2.45, 2.75) is 46.0 Å². The Kier molecular flexibility index (Phi) is 10.7. The molecule has 2 fully saturated rings. The molecule has 0 nitrogen and oxygen atoms in total. The molecule has 4 rings (SSSR count). The second kappa shape index (κ2) is 11.4. The van der Waals surface area contributed by atoms with Crippen molar-refractivity contribution in [2.24, 2.45) is 23.7 Å². The molecule has 4 aliphatic carbocycles. The first-order chi connectivity index (χ1) is 10.8. The Morgan fingerprint density at radius 1 is 0.667 bits per heavy atom. The van der Waals surface area contributed by atoms with E-state index in [4.69, 9.17) is 0 Å². The van der Waals surface area contributed by atoms with E-state index in [0.717, 1.165) is 30.9 Å². The quantitative estimate of drug-likeness (QED) is 0.474. The molecule has 0 radical (unpaired) electrons. The monoisotopic (exact) mass is 458 g/mol. The molecule has 0 spiro atoms. The van der Waals surface area contributed by atoms with Crippen LogP contribution in [0.5, 0.6) is 0 Å². The zero-order chi connectivity index (χ0) is 15.4. The van der Waals surface area contributed by atoms with Crippen molar-refractivity contribution in [3.63, 3.8) is 0 Å². The minimum atomic E-state index is -0.253. The molecule has 0 aliphatic heterocycles. The summed E-state index contributed by atoms with van der Waals surface area (Å²) in [5.41, 5.74) is 0. The van der Waals surface area contributed by atoms with Gasteiger partial charge >= 0.3 is 128 Å². The maximum absolute atomic E-state index is 2.53. The molecule has 6 atom stereocenters. The van der Waals surface area contributed by atoms with Crippen LogP contribution in [0.2, 0.25) is 20.3 Å². The minimum absolute atomic E-state index is 0. The van der Waals surface area contributed by atoms with Crippen LogP contribution in [0.25, 0.3) is 0 Å². The first-order valence-electron chi connectivity index (χ1n) is 9.29. The van der Waals surface area contributed by atoms with E-state index in [1.54, 1.807) is 0 Å². The van der Waals surface area contributed by atoms with Crippen molar-refractivity contribution in [1.82, 2.24) is 0 Å². The number of hydrogen-bond acceptors (Lipinski definition) is 0. The summed E-state index contributed by atoms with van der Waals surface area (Å²) in [5, 5.41) is 0. The van der Waals surface area contributed by atoms with Crippen LogP contribution in [0, 0.1) is 23.7 Å². The zero-order valence-electron chi connectivity index (χ0n) is 14.9. The maximum Gasteiger partial charge on any atom is 0.0135 e. The van der Waals surface area contributed by atoms with Gasteiger partial charge in [-0.2, -0.15) is 0 Å². The van der Waals surface area contributed by atoms with Gasteiger partial charge in [0.15, 0.2) is 0 Å². The topological polar surface area (TPSA) is 0 Å². The summed E-state index contributed by atoms with van der Waals surface area (Å²) in [7, 11) is 0.417. The molecule has 0 aromatic heterocycles. The molecule has 0 N–H and O–H groups in total. The Morgan fingerprint density at radius 2 is 1.04 bits per heavy atom. The molecule has 0 aromatic rings. The fraction of sp³-hybridized carbons (Fsp3) is 0.600. The molecule has 132 valence electrons. The number of halogens is 2. The Morgan fingerprint density at radius 3 is 1.46 bits per heavy atom. The van der Waals surface area contributed by atoms with E-state index in [-0.39, 0.29) is 48.0 Å². The average molecular weight is 461 g/mol. The fourth-order valence-corrected chi connectivity index (χ4v) is 10.4. The van der Waals surface area contributed by atoms with Crippen LogP contribution in [0.1, 0.15) is 25.7 Å². The Hall–Kier alpha value is 0.640. The molecular weight excluding hydrogens is 430 g/mol. The van der Waals surface area contributed by atoms with Crippen LogP contribution in [0.15, 0.2) is 48.6 Å². The van der Waals surface area contributed by atoms with Crippen molar-refractivity contribution in [1.29, 1.82) is 0 Å². The van der Waals surface area contributed by atoms with Gasteiger partial charge in [-0.25, -0.2) is 0 Å². The van der Waals surface area contributed by atoms with Gasteiger partial charge in [-0.3, -0.25) is 0 Å². The zero-order valence-corrected chi connectivity index (χ0v) is 20.3. The predicted molar refractivity (Wildman–Crippen MR) is 96.8 cm³/mol. The molecule has 6 unspecified atom stereocenters. The number of hydrogen-bond donors (Lipinski definition) is 0. The number of fused-ring (bicyclic) bond motifs is 2. The molecule has 0 aromatic carbocycles. The van der Waals surface area contributed by atoms with E-state index < -0.39 is 0 Å². The first kappa shape index (κ1) is 22.7. The molecule has 4 heteroatoms. The van der Waals surface area contributed by atoms with E-state index in [1.165, 1.54) is 25.7 Å². The van der Waals surface area contributed by atoms with Crippen LogP contribution in [0.4, 0.5) is 0 Å². The third kappa shape index (κ3) is 5.32. The van der Waals surface area contributed by atoms with E-state index in [0.29, 0.717) is 9.52 Å². The summed E-state index contributed by atoms with van der Waals surface area (Å²) in [5.74, 6) is 3.65. The van der Waals surface area contributed by atoms with Crippen LogP contribution in [-0.4, -0.2) is 9.52 Å². The second-order valence-corrected chi connectivity index (χ2v) is 13.1. The smallest absolute Gasteiger partial charge is 0.0135 e. The number of rotatable bonds is 2. The van der Waals surface area contributed by atoms with Gasteiger partial charge in [0.1, 0.15) is 0 Å². The van der Waals surface area contributed by atoms with E-state index in [9.17, 15) is 0 Å². The van der Waals surface area contributed by atoms with Crippen molar-refractivity contribution >= 4 is 9.52 Å². The molecule has 2 saturated carbocycles. The summed E-state index contributed by atoms with van der Waals surface area (Å²) >= 11 is -0.253. The normalized spacial score (nSPS) is 37.2. The predicted octanol–water partition coefficient (Wildman–Crippen LogP) is -0.790. The summed E-state index contributed by atoms with van der Waals surface area (Å²) in [4.78, 5) is 0. The second-order valence-electron chi connectivity index (χ2n) is 7.26. The van der Waals surface area contributed by atoms with Gasteiger partial charge in [-0.05, 0) is 0 Å². The summed E-state index contributed by atoms with van der Waals surface area (Å²) in [6.07, 6.45) is 25.2. The van der Waals surface area contributed by atoms with Gasteiger partial charge in [0.05, 0.1) is 0 Å². The average Bonchev–Trinajstić information content (AvgIpc) is 3.14. The maximum atomic E-state index is 2.53. The molecule has 0 amide bonds. The Bertz CT molecular complexity index is 444. The van der Waals surface area contributed by atoms with Crippen LogP contribution >= 0.6 is 0 Å². The fourth-order valence-electron chi connectivity index (χ4n) is 4.58. The van der Waals surface area contributed by atoms with Crippen molar-refractivity contribution in [3.8, 4) is 0 Å². The first-order valence-corrected chi connectivity index (χ1v) is 15.0.